The first-order valence-corrected chi connectivity index (χ1v) is 8.29. The smallest absolute Gasteiger partial charge is 0.270 e. The van der Waals surface area contributed by atoms with E-state index >= 15 is 0 Å². The van der Waals surface area contributed by atoms with Gasteiger partial charge in [-0.1, -0.05) is 35.9 Å². The molecule has 0 bridgehead atoms. The van der Waals surface area contributed by atoms with E-state index < -0.39 is 17.3 Å². The summed E-state index contributed by atoms with van der Waals surface area (Å²) >= 11 is 6.10. The Hall–Kier alpha value is -2.47. The van der Waals surface area contributed by atoms with Gasteiger partial charge >= 0.3 is 0 Å². The van der Waals surface area contributed by atoms with Gasteiger partial charge in [0.05, 0.1) is 16.3 Å². The van der Waals surface area contributed by atoms with Crippen LogP contribution in [0.1, 0.15) is 30.7 Å². The Labute approximate surface area is 152 Å². The summed E-state index contributed by atoms with van der Waals surface area (Å²) in [6.07, 6.45) is 0. The molecule has 26 heavy (non-hydrogen) atoms. The van der Waals surface area contributed by atoms with Crippen LogP contribution in [0.5, 0.6) is 0 Å². The Kier molecular flexibility index (Phi) is 3.60. The number of alkyl halides is 2. The maximum Gasteiger partial charge on any atom is 0.299 e. The molecule has 3 nitrogen and oxygen atoms in total. The average Bonchev–Trinajstić information content (AvgIpc) is 2.58. The van der Waals surface area contributed by atoms with Crippen molar-refractivity contribution in [3.63, 3.8) is 0 Å². The third kappa shape index (κ3) is 2.32. The molecule has 1 aromatic heterocycles. The minimum atomic E-state index is -3.25. The van der Waals surface area contributed by atoms with Crippen molar-refractivity contribution in [3.8, 4) is 0 Å². The van der Waals surface area contributed by atoms with E-state index in [9.17, 15) is 13.2 Å². The van der Waals surface area contributed by atoms with Gasteiger partial charge in [0.2, 0.25) is 0 Å². The van der Waals surface area contributed by atoms with E-state index in [-0.39, 0.29) is 33.1 Å². The number of hydrogen-bond donors (Lipinski definition) is 0. The van der Waals surface area contributed by atoms with Crippen LogP contribution in [0.15, 0.2) is 47.5 Å². The number of aliphatic imine (C=N–C) groups is 1. The third-order valence-corrected chi connectivity index (χ3v) is 4.87. The summed E-state index contributed by atoms with van der Waals surface area (Å²) in [7, 11) is 0. The summed E-state index contributed by atoms with van der Waals surface area (Å²) in [5.74, 6) is -3.75. The van der Waals surface area contributed by atoms with Crippen LogP contribution >= 0.6 is 11.6 Å². The van der Waals surface area contributed by atoms with Gasteiger partial charge < -0.3 is 0 Å². The van der Waals surface area contributed by atoms with Gasteiger partial charge in [-0.05, 0) is 32.0 Å². The van der Waals surface area contributed by atoms with Crippen LogP contribution in [0.25, 0.3) is 10.9 Å². The normalized spacial score (nSPS) is 17.7. The summed E-state index contributed by atoms with van der Waals surface area (Å²) in [6.45, 7) is 2.68. The van der Waals surface area contributed by atoms with Crippen molar-refractivity contribution in [1.29, 1.82) is 0 Å². The molecular weight excluding hydrogens is 363 g/mol. The predicted molar refractivity (Wildman–Crippen MR) is 94.6 cm³/mol. The highest BCUT2D eigenvalue weighted by molar-refractivity contribution is 6.32. The number of halogens is 4. The van der Waals surface area contributed by atoms with E-state index in [1.807, 2.05) is 0 Å². The van der Waals surface area contributed by atoms with E-state index in [0.717, 1.165) is 0 Å². The molecule has 0 radical (unpaired) electrons. The van der Waals surface area contributed by atoms with Crippen molar-refractivity contribution in [2.45, 2.75) is 25.3 Å². The molecule has 0 aliphatic carbocycles. The largest absolute Gasteiger partial charge is 0.299 e. The lowest BCUT2D eigenvalue weighted by molar-refractivity contribution is -0.0681. The van der Waals surface area contributed by atoms with E-state index in [2.05, 4.69) is 15.2 Å². The van der Waals surface area contributed by atoms with E-state index in [1.165, 1.54) is 32.0 Å². The molecule has 0 atom stereocenters. The van der Waals surface area contributed by atoms with E-state index in [4.69, 9.17) is 11.6 Å². The van der Waals surface area contributed by atoms with Crippen LogP contribution < -0.4 is 0 Å². The van der Waals surface area contributed by atoms with Gasteiger partial charge in [-0.3, -0.25) is 4.99 Å². The van der Waals surface area contributed by atoms with Gasteiger partial charge in [-0.2, -0.15) is 8.78 Å². The standard InChI is InChI=1S/C19H13ClF3N3/c1-18(2)19(22,23)15-11(6-4-7-12(15)20)17(24-18)14-9-10-5-3-8-13(21)16(10)26-25-14/h3-9H,1-2H3. The fourth-order valence-electron chi connectivity index (χ4n) is 3.10. The van der Waals surface area contributed by atoms with E-state index in [1.54, 1.807) is 24.3 Å². The number of aromatic nitrogens is 2. The lowest BCUT2D eigenvalue weighted by Crippen LogP contribution is -2.44. The van der Waals surface area contributed by atoms with Gasteiger partial charge in [0, 0.05) is 10.9 Å². The van der Waals surface area contributed by atoms with Crippen LogP contribution in [0.2, 0.25) is 5.02 Å². The first-order chi connectivity index (χ1) is 12.2. The van der Waals surface area contributed by atoms with Crippen molar-refractivity contribution < 1.29 is 13.2 Å². The van der Waals surface area contributed by atoms with Crippen LogP contribution in [-0.2, 0) is 5.92 Å². The number of rotatable bonds is 1. The second kappa shape index (κ2) is 5.51. The summed E-state index contributed by atoms with van der Waals surface area (Å²) in [5.41, 5.74) is -1.14. The molecule has 2 aromatic carbocycles. The van der Waals surface area contributed by atoms with Crippen LogP contribution in [-0.4, -0.2) is 21.4 Å². The average molecular weight is 376 g/mol. The molecule has 0 saturated carbocycles. The molecule has 0 spiro atoms. The van der Waals surface area contributed by atoms with Gasteiger partial charge in [-0.15, -0.1) is 10.2 Å². The maximum absolute atomic E-state index is 15.0. The molecule has 132 valence electrons. The summed E-state index contributed by atoms with van der Waals surface area (Å²) in [5, 5.41) is 8.41. The number of benzene rings is 2. The predicted octanol–water partition coefficient (Wildman–Crippen LogP) is 5.14. The molecule has 1 aliphatic heterocycles. The van der Waals surface area contributed by atoms with Crippen LogP contribution in [0.3, 0.4) is 0 Å². The van der Waals surface area contributed by atoms with Crippen molar-refractivity contribution in [2.24, 2.45) is 4.99 Å². The highest BCUT2D eigenvalue weighted by Gasteiger charge is 2.54. The van der Waals surface area contributed by atoms with E-state index in [0.29, 0.717) is 5.39 Å². The first-order valence-electron chi connectivity index (χ1n) is 7.92. The van der Waals surface area contributed by atoms with Gasteiger partial charge in [0.25, 0.3) is 5.92 Å². The molecule has 0 N–H and O–H groups in total. The first kappa shape index (κ1) is 17.0. The third-order valence-electron chi connectivity index (χ3n) is 4.55. The summed E-state index contributed by atoms with van der Waals surface area (Å²) < 4.78 is 43.7. The topological polar surface area (TPSA) is 38.1 Å². The lowest BCUT2D eigenvalue weighted by atomic mass is 9.82. The molecule has 0 unspecified atom stereocenters. The van der Waals surface area contributed by atoms with Crippen molar-refractivity contribution >= 4 is 28.2 Å². The number of fused-ring (bicyclic) bond motifs is 2. The second-order valence-electron chi connectivity index (χ2n) is 6.66. The number of hydrogen-bond acceptors (Lipinski definition) is 3. The highest BCUT2D eigenvalue weighted by atomic mass is 35.5. The van der Waals surface area contributed by atoms with Crippen LogP contribution in [0.4, 0.5) is 13.2 Å². The molecule has 3 aromatic rings. The SMILES string of the molecule is CC1(C)N=C(c2cc3cccc(F)c3nn2)c2cccc(Cl)c2C1(F)F. The zero-order chi connectivity index (χ0) is 18.7. The molecule has 0 saturated heterocycles. The zero-order valence-corrected chi connectivity index (χ0v) is 14.7. The van der Waals surface area contributed by atoms with Gasteiger partial charge in [0.15, 0.2) is 5.82 Å². The fraction of sp³-hybridized carbons (Fsp3) is 0.211. The molecular formula is C19H13ClF3N3. The lowest BCUT2D eigenvalue weighted by Gasteiger charge is -2.37. The summed E-state index contributed by atoms with van der Waals surface area (Å²) in [4.78, 5) is 4.26. The Balaban J connectivity index is 2.00. The molecule has 4 rings (SSSR count). The zero-order valence-electron chi connectivity index (χ0n) is 13.9. The molecule has 0 amide bonds. The van der Waals surface area contributed by atoms with Gasteiger partial charge in [-0.25, -0.2) is 4.39 Å². The Morgan fingerprint density at radius 2 is 1.73 bits per heavy atom. The minimum Gasteiger partial charge on any atom is -0.270 e. The Morgan fingerprint density at radius 1 is 1.00 bits per heavy atom. The molecule has 1 aliphatic rings. The molecule has 7 heteroatoms. The monoisotopic (exact) mass is 375 g/mol. The number of nitrogens with zero attached hydrogens (tertiary/aromatic N) is 3. The maximum atomic E-state index is 15.0. The van der Waals surface area contributed by atoms with Crippen molar-refractivity contribution in [3.05, 3.63) is 70.1 Å². The highest BCUT2D eigenvalue weighted by Crippen LogP contribution is 2.49. The quantitative estimate of drug-likeness (QED) is 0.590. The fourth-order valence-corrected chi connectivity index (χ4v) is 3.39. The minimum absolute atomic E-state index is 0.0345. The van der Waals surface area contributed by atoms with Crippen molar-refractivity contribution in [2.75, 3.05) is 0 Å². The molecule has 2 heterocycles. The Bertz CT molecular complexity index is 1080. The van der Waals surface area contributed by atoms with Crippen molar-refractivity contribution in [1.82, 2.24) is 10.2 Å². The van der Waals surface area contributed by atoms with Gasteiger partial charge in [0.1, 0.15) is 16.7 Å². The molecule has 0 fully saturated rings. The second-order valence-corrected chi connectivity index (χ2v) is 7.07. The Morgan fingerprint density at radius 3 is 2.50 bits per heavy atom. The van der Waals surface area contributed by atoms with Crippen LogP contribution in [0, 0.1) is 5.82 Å². The summed E-state index contributed by atoms with van der Waals surface area (Å²) in [6, 6.07) is 10.6.